The van der Waals surface area contributed by atoms with Gasteiger partial charge in [-0.2, -0.15) is 0 Å². The highest BCUT2D eigenvalue weighted by atomic mass is 32.2. The zero-order valence-corrected chi connectivity index (χ0v) is 13.2. The number of methoxy groups -OCH3 is 1. The number of ether oxygens (including phenoxy) is 1. The van der Waals surface area contributed by atoms with E-state index in [4.69, 9.17) is 9.88 Å². The highest BCUT2D eigenvalue weighted by Gasteiger charge is 2.34. The zero-order chi connectivity index (χ0) is 15.8. The summed E-state index contributed by atoms with van der Waals surface area (Å²) in [4.78, 5) is 14.0. The molecule has 2 atom stereocenters. The number of nitrogens with zero attached hydrogens (tertiary/aromatic N) is 1. The smallest absolute Gasteiger partial charge is 0.257 e. The van der Waals surface area contributed by atoms with Gasteiger partial charge in [0.15, 0.2) is 0 Å². The first-order valence-corrected chi connectivity index (χ1v) is 8.25. The standard InChI is InChI=1S/C14H20N2O4S/c1-9-6-10(9)8-16(2)14(17)12-7-11(21(15,18)19)4-5-13(12)20-3/h4-5,7,9-10H,6,8H2,1-3H3,(H2,15,18,19). The summed E-state index contributed by atoms with van der Waals surface area (Å²) in [5.41, 5.74) is 0.208. The van der Waals surface area contributed by atoms with Gasteiger partial charge < -0.3 is 9.64 Å². The molecule has 116 valence electrons. The molecule has 2 rings (SSSR count). The zero-order valence-electron chi connectivity index (χ0n) is 12.4. The Morgan fingerprint density at radius 3 is 2.57 bits per heavy atom. The van der Waals surface area contributed by atoms with Crippen LogP contribution in [-0.2, 0) is 10.0 Å². The van der Waals surface area contributed by atoms with Crippen LogP contribution >= 0.6 is 0 Å². The summed E-state index contributed by atoms with van der Waals surface area (Å²) < 4.78 is 28.0. The van der Waals surface area contributed by atoms with Crippen molar-refractivity contribution in [2.45, 2.75) is 18.2 Å². The van der Waals surface area contributed by atoms with E-state index in [1.165, 1.54) is 25.3 Å². The topological polar surface area (TPSA) is 89.7 Å². The van der Waals surface area contributed by atoms with Gasteiger partial charge in [-0.15, -0.1) is 0 Å². The van der Waals surface area contributed by atoms with Crippen molar-refractivity contribution in [2.75, 3.05) is 20.7 Å². The van der Waals surface area contributed by atoms with Gasteiger partial charge in [0.05, 0.1) is 17.6 Å². The summed E-state index contributed by atoms with van der Waals surface area (Å²) >= 11 is 0. The molecule has 1 saturated carbocycles. The number of hydrogen-bond acceptors (Lipinski definition) is 4. The van der Waals surface area contributed by atoms with Crippen LogP contribution in [0.3, 0.4) is 0 Å². The number of rotatable bonds is 5. The van der Waals surface area contributed by atoms with Gasteiger partial charge in [0.25, 0.3) is 5.91 Å². The second kappa shape index (κ2) is 5.65. The SMILES string of the molecule is COc1ccc(S(N)(=O)=O)cc1C(=O)N(C)CC1CC1C. The molecule has 0 aromatic heterocycles. The molecular formula is C14H20N2O4S. The molecule has 7 heteroatoms. The van der Waals surface area contributed by atoms with Crippen LogP contribution in [0.2, 0.25) is 0 Å². The molecule has 1 fully saturated rings. The molecule has 1 amide bonds. The van der Waals surface area contributed by atoms with Crippen LogP contribution in [-0.4, -0.2) is 39.9 Å². The molecule has 0 radical (unpaired) electrons. The minimum atomic E-state index is -3.86. The number of benzene rings is 1. The number of carbonyl (C=O) groups excluding carboxylic acids is 1. The summed E-state index contributed by atoms with van der Waals surface area (Å²) in [6, 6.07) is 4.04. The van der Waals surface area contributed by atoms with E-state index >= 15 is 0 Å². The van der Waals surface area contributed by atoms with E-state index in [0.29, 0.717) is 24.1 Å². The number of sulfonamides is 1. The molecule has 6 nitrogen and oxygen atoms in total. The van der Waals surface area contributed by atoms with Gasteiger partial charge in [-0.05, 0) is 36.5 Å². The van der Waals surface area contributed by atoms with Crippen molar-refractivity contribution in [3.05, 3.63) is 23.8 Å². The number of nitrogens with two attached hydrogens (primary N) is 1. The lowest BCUT2D eigenvalue weighted by Gasteiger charge is -2.19. The molecule has 0 bridgehead atoms. The third-order valence-corrected chi connectivity index (χ3v) is 4.77. The van der Waals surface area contributed by atoms with Crippen molar-refractivity contribution in [2.24, 2.45) is 17.0 Å². The largest absolute Gasteiger partial charge is 0.496 e. The van der Waals surface area contributed by atoms with Gasteiger partial charge in [0.1, 0.15) is 5.75 Å². The Bertz CT molecular complexity index is 657. The highest BCUT2D eigenvalue weighted by molar-refractivity contribution is 7.89. The fourth-order valence-electron chi connectivity index (χ4n) is 2.32. The molecule has 2 N–H and O–H groups in total. The molecule has 0 saturated heterocycles. The van der Waals surface area contributed by atoms with Crippen LogP contribution in [0, 0.1) is 11.8 Å². The van der Waals surface area contributed by atoms with Crippen molar-refractivity contribution >= 4 is 15.9 Å². The first kappa shape index (κ1) is 15.8. The predicted octanol–water partition coefficient (Wildman–Crippen LogP) is 1.07. The van der Waals surface area contributed by atoms with Crippen LogP contribution in [0.4, 0.5) is 0 Å². The van der Waals surface area contributed by atoms with Crippen LogP contribution < -0.4 is 9.88 Å². The Morgan fingerprint density at radius 1 is 1.48 bits per heavy atom. The molecule has 1 aromatic rings. The fourth-order valence-corrected chi connectivity index (χ4v) is 2.86. The van der Waals surface area contributed by atoms with Crippen LogP contribution in [0.15, 0.2) is 23.1 Å². The van der Waals surface area contributed by atoms with Gasteiger partial charge in [0, 0.05) is 13.6 Å². The van der Waals surface area contributed by atoms with Crippen LogP contribution in [0.1, 0.15) is 23.7 Å². The molecule has 0 heterocycles. The van der Waals surface area contributed by atoms with E-state index in [-0.39, 0.29) is 16.4 Å². The normalized spacial score (nSPS) is 21.0. The molecule has 1 aromatic carbocycles. The second-order valence-corrected chi connectivity index (χ2v) is 7.13. The Morgan fingerprint density at radius 2 is 2.10 bits per heavy atom. The lowest BCUT2D eigenvalue weighted by Crippen LogP contribution is -2.29. The summed E-state index contributed by atoms with van der Waals surface area (Å²) in [5, 5.41) is 5.11. The van der Waals surface area contributed by atoms with Crippen LogP contribution in [0.5, 0.6) is 5.75 Å². The van der Waals surface area contributed by atoms with Crippen molar-refractivity contribution in [3.63, 3.8) is 0 Å². The highest BCUT2D eigenvalue weighted by Crippen LogP contribution is 2.38. The minimum absolute atomic E-state index is 0.0974. The summed E-state index contributed by atoms with van der Waals surface area (Å²) in [7, 11) is -0.714. The number of hydrogen-bond donors (Lipinski definition) is 1. The lowest BCUT2D eigenvalue weighted by molar-refractivity contribution is 0.0783. The molecular weight excluding hydrogens is 292 g/mol. The van der Waals surface area contributed by atoms with Gasteiger partial charge in [0.2, 0.25) is 10.0 Å². The van der Waals surface area contributed by atoms with Gasteiger partial charge in [-0.1, -0.05) is 6.92 Å². The molecule has 0 aliphatic heterocycles. The number of amides is 1. The van der Waals surface area contributed by atoms with Crippen molar-refractivity contribution in [1.29, 1.82) is 0 Å². The monoisotopic (exact) mass is 312 g/mol. The molecule has 21 heavy (non-hydrogen) atoms. The molecule has 2 unspecified atom stereocenters. The maximum Gasteiger partial charge on any atom is 0.257 e. The van der Waals surface area contributed by atoms with Gasteiger partial charge in [-0.25, -0.2) is 13.6 Å². The Labute approximate surface area is 124 Å². The summed E-state index contributed by atoms with van der Waals surface area (Å²) in [5.74, 6) is 1.23. The Kier molecular flexibility index (Phi) is 4.25. The number of carbonyl (C=O) groups is 1. The van der Waals surface area contributed by atoms with E-state index in [1.807, 2.05) is 0 Å². The molecule has 1 aliphatic carbocycles. The van der Waals surface area contributed by atoms with E-state index in [9.17, 15) is 13.2 Å². The van der Waals surface area contributed by atoms with Gasteiger partial charge >= 0.3 is 0 Å². The summed E-state index contributed by atoms with van der Waals surface area (Å²) in [6.07, 6.45) is 1.12. The van der Waals surface area contributed by atoms with Crippen molar-refractivity contribution < 1.29 is 17.9 Å². The average Bonchev–Trinajstić information content (AvgIpc) is 3.11. The Balaban J connectivity index is 2.29. The predicted molar refractivity (Wildman–Crippen MR) is 78.6 cm³/mol. The molecule has 1 aliphatic rings. The Hall–Kier alpha value is -1.60. The maximum absolute atomic E-state index is 12.5. The van der Waals surface area contributed by atoms with Crippen molar-refractivity contribution in [3.8, 4) is 5.75 Å². The number of primary sulfonamides is 1. The quantitative estimate of drug-likeness (QED) is 0.880. The maximum atomic E-state index is 12.5. The second-order valence-electron chi connectivity index (χ2n) is 5.57. The molecule has 0 spiro atoms. The van der Waals surface area contributed by atoms with E-state index in [1.54, 1.807) is 11.9 Å². The fraction of sp³-hybridized carbons (Fsp3) is 0.500. The summed E-state index contributed by atoms with van der Waals surface area (Å²) in [6.45, 7) is 2.80. The minimum Gasteiger partial charge on any atom is -0.496 e. The van der Waals surface area contributed by atoms with E-state index in [2.05, 4.69) is 6.92 Å². The van der Waals surface area contributed by atoms with Crippen molar-refractivity contribution in [1.82, 2.24) is 4.90 Å². The average molecular weight is 312 g/mol. The van der Waals surface area contributed by atoms with E-state index < -0.39 is 10.0 Å². The first-order valence-electron chi connectivity index (χ1n) is 6.70. The van der Waals surface area contributed by atoms with E-state index in [0.717, 1.165) is 6.42 Å². The third-order valence-electron chi connectivity index (χ3n) is 3.86. The first-order chi connectivity index (χ1) is 9.74. The van der Waals surface area contributed by atoms with Crippen LogP contribution in [0.25, 0.3) is 0 Å². The lowest BCUT2D eigenvalue weighted by atomic mass is 10.1. The van der Waals surface area contributed by atoms with Gasteiger partial charge in [-0.3, -0.25) is 4.79 Å². The third kappa shape index (κ3) is 3.54.